The van der Waals surface area contributed by atoms with Crippen molar-refractivity contribution in [3.05, 3.63) is 6.33 Å². The molecule has 2 rings (SSSR count). The van der Waals surface area contributed by atoms with Gasteiger partial charge in [0.25, 0.3) is 0 Å². The number of thioether (sulfide) groups is 1. The first-order valence-electron chi connectivity index (χ1n) is 7.73. The van der Waals surface area contributed by atoms with E-state index in [0.29, 0.717) is 28.7 Å². The molecule has 1 aromatic rings. The summed E-state index contributed by atoms with van der Waals surface area (Å²) in [6.07, 6.45) is 11.1. The smallest absolute Gasteiger partial charge is 0.242 e. The minimum absolute atomic E-state index is 0.306. The number of anilines is 2. The molecule has 1 heterocycles. The van der Waals surface area contributed by atoms with E-state index in [0.717, 1.165) is 13.0 Å². The summed E-state index contributed by atoms with van der Waals surface area (Å²) in [5.41, 5.74) is 6.62. The van der Waals surface area contributed by atoms with Crippen molar-refractivity contribution >= 4 is 23.3 Å². The summed E-state index contributed by atoms with van der Waals surface area (Å²) in [6, 6.07) is 0. The fraction of sp³-hybridized carbons (Fsp3) is 0.733. The van der Waals surface area contributed by atoms with Crippen molar-refractivity contribution in [3.63, 3.8) is 0 Å². The molecule has 0 aliphatic heterocycles. The lowest BCUT2D eigenvalue weighted by molar-refractivity contribution is 0.306. The number of hydrogen-bond donors (Lipinski definition) is 2. The Morgan fingerprint density at radius 1 is 1.33 bits per heavy atom. The highest BCUT2D eigenvalue weighted by Gasteiger charge is 2.31. The van der Waals surface area contributed by atoms with Crippen LogP contribution in [0.3, 0.4) is 0 Å². The van der Waals surface area contributed by atoms with Crippen LogP contribution in [0.4, 0.5) is 11.5 Å². The minimum Gasteiger partial charge on any atom is -0.476 e. The maximum Gasteiger partial charge on any atom is 0.242 e. The molecule has 1 aliphatic carbocycles. The topological polar surface area (TPSA) is 73.1 Å². The summed E-state index contributed by atoms with van der Waals surface area (Å²) >= 11 is 1.96. The van der Waals surface area contributed by atoms with Crippen molar-refractivity contribution < 1.29 is 4.74 Å². The van der Waals surface area contributed by atoms with Gasteiger partial charge in [-0.1, -0.05) is 26.2 Å². The second-order valence-electron chi connectivity index (χ2n) is 5.59. The molecule has 3 N–H and O–H groups in total. The van der Waals surface area contributed by atoms with E-state index >= 15 is 0 Å². The lowest BCUT2D eigenvalue weighted by Gasteiger charge is -2.36. The van der Waals surface area contributed by atoms with Crippen LogP contribution in [0.5, 0.6) is 5.88 Å². The molecule has 21 heavy (non-hydrogen) atoms. The first kappa shape index (κ1) is 16.2. The summed E-state index contributed by atoms with van der Waals surface area (Å²) in [5, 5.41) is 3.41. The fourth-order valence-electron chi connectivity index (χ4n) is 2.73. The van der Waals surface area contributed by atoms with Crippen molar-refractivity contribution in [2.75, 3.05) is 30.5 Å². The Hall–Kier alpha value is -1.17. The van der Waals surface area contributed by atoms with Crippen LogP contribution in [0.2, 0.25) is 0 Å². The molecule has 118 valence electrons. The van der Waals surface area contributed by atoms with Gasteiger partial charge in [0.15, 0.2) is 5.82 Å². The summed E-state index contributed by atoms with van der Waals surface area (Å²) in [6.45, 7) is 3.57. The summed E-state index contributed by atoms with van der Waals surface area (Å²) in [5.74, 6) is 1.17. The van der Waals surface area contributed by atoms with E-state index in [1.54, 1.807) is 0 Å². The molecule has 1 aromatic heterocycles. The van der Waals surface area contributed by atoms with Crippen LogP contribution in [-0.4, -0.2) is 34.1 Å². The third-order valence-electron chi connectivity index (χ3n) is 4.07. The van der Waals surface area contributed by atoms with E-state index in [1.807, 2.05) is 11.8 Å². The first-order chi connectivity index (χ1) is 10.2. The van der Waals surface area contributed by atoms with Crippen LogP contribution in [-0.2, 0) is 0 Å². The van der Waals surface area contributed by atoms with Crippen LogP contribution in [0.25, 0.3) is 0 Å². The largest absolute Gasteiger partial charge is 0.476 e. The highest BCUT2D eigenvalue weighted by molar-refractivity contribution is 8.00. The molecular weight excluding hydrogens is 284 g/mol. The molecule has 0 amide bonds. The number of nitrogen functional groups attached to an aromatic ring is 1. The number of hydrogen-bond acceptors (Lipinski definition) is 6. The second-order valence-corrected chi connectivity index (χ2v) is 6.87. The van der Waals surface area contributed by atoms with E-state index < -0.39 is 0 Å². The third-order valence-corrected chi connectivity index (χ3v) is 5.48. The van der Waals surface area contributed by atoms with Crippen LogP contribution in [0, 0.1) is 0 Å². The van der Waals surface area contributed by atoms with Gasteiger partial charge in [0, 0.05) is 11.3 Å². The molecule has 0 radical (unpaired) electrons. The van der Waals surface area contributed by atoms with Crippen molar-refractivity contribution in [1.29, 1.82) is 0 Å². The van der Waals surface area contributed by atoms with E-state index in [1.165, 1.54) is 38.4 Å². The fourth-order valence-corrected chi connectivity index (χ4v) is 3.64. The monoisotopic (exact) mass is 310 g/mol. The van der Waals surface area contributed by atoms with E-state index in [2.05, 4.69) is 28.5 Å². The molecule has 0 saturated heterocycles. The van der Waals surface area contributed by atoms with Gasteiger partial charge in [0.2, 0.25) is 5.88 Å². The van der Waals surface area contributed by atoms with E-state index in [4.69, 9.17) is 10.5 Å². The average molecular weight is 310 g/mol. The van der Waals surface area contributed by atoms with Crippen LogP contribution >= 0.6 is 11.8 Å². The molecule has 0 unspecified atom stereocenters. The van der Waals surface area contributed by atoms with Gasteiger partial charge in [-0.05, 0) is 25.5 Å². The predicted molar refractivity (Wildman–Crippen MR) is 90.1 cm³/mol. The standard InChI is InChI=1S/C15H26N4OS/c1-3-9-20-14-12(16)13(18-11-19-14)17-10-15(21-2)7-5-4-6-8-15/h11H,3-10,16H2,1-2H3,(H,17,18,19). The molecule has 1 saturated carbocycles. The Balaban J connectivity index is 2.02. The van der Waals surface area contributed by atoms with Gasteiger partial charge >= 0.3 is 0 Å². The number of rotatable bonds is 7. The molecule has 0 atom stereocenters. The van der Waals surface area contributed by atoms with E-state index in [9.17, 15) is 0 Å². The molecule has 1 fully saturated rings. The Morgan fingerprint density at radius 3 is 2.76 bits per heavy atom. The zero-order chi connectivity index (χ0) is 15.1. The summed E-state index contributed by atoms with van der Waals surface area (Å²) in [4.78, 5) is 8.37. The molecule has 6 heteroatoms. The van der Waals surface area contributed by atoms with E-state index in [-0.39, 0.29) is 0 Å². The number of ether oxygens (including phenoxy) is 1. The molecule has 5 nitrogen and oxygen atoms in total. The van der Waals surface area contributed by atoms with Gasteiger partial charge in [0.05, 0.1) is 6.61 Å². The van der Waals surface area contributed by atoms with Crippen molar-refractivity contribution in [2.24, 2.45) is 0 Å². The van der Waals surface area contributed by atoms with Crippen molar-refractivity contribution in [3.8, 4) is 5.88 Å². The maximum absolute atomic E-state index is 6.10. The van der Waals surface area contributed by atoms with Crippen LogP contribution in [0.15, 0.2) is 6.33 Å². The van der Waals surface area contributed by atoms with Gasteiger partial charge in [-0.15, -0.1) is 0 Å². The zero-order valence-corrected chi connectivity index (χ0v) is 13.8. The minimum atomic E-state index is 0.306. The van der Waals surface area contributed by atoms with Gasteiger partial charge in [-0.2, -0.15) is 16.7 Å². The Kier molecular flexibility index (Phi) is 5.96. The second kappa shape index (κ2) is 7.73. The normalized spacial score (nSPS) is 17.4. The predicted octanol–water partition coefficient (Wildman–Crippen LogP) is 3.33. The quantitative estimate of drug-likeness (QED) is 0.805. The lowest BCUT2D eigenvalue weighted by Crippen LogP contribution is -2.35. The van der Waals surface area contributed by atoms with Crippen molar-refractivity contribution in [2.45, 2.75) is 50.2 Å². The SMILES string of the molecule is CCCOc1ncnc(NCC2(SC)CCCCC2)c1N. The Morgan fingerprint density at radius 2 is 2.10 bits per heavy atom. The lowest BCUT2D eigenvalue weighted by atomic mass is 9.88. The van der Waals surface area contributed by atoms with Crippen LogP contribution in [0.1, 0.15) is 45.4 Å². The summed E-state index contributed by atoms with van der Waals surface area (Å²) < 4.78 is 5.85. The highest BCUT2D eigenvalue weighted by Crippen LogP contribution is 2.39. The van der Waals surface area contributed by atoms with Gasteiger partial charge < -0.3 is 15.8 Å². The molecule has 1 aliphatic rings. The first-order valence-corrected chi connectivity index (χ1v) is 8.95. The average Bonchev–Trinajstić information content (AvgIpc) is 2.53. The maximum atomic E-state index is 6.10. The Bertz CT molecular complexity index is 449. The van der Waals surface area contributed by atoms with Gasteiger partial charge in [-0.3, -0.25) is 0 Å². The Labute approximate surface area is 131 Å². The highest BCUT2D eigenvalue weighted by atomic mass is 32.2. The van der Waals surface area contributed by atoms with Gasteiger partial charge in [0.1, 0.15) is 12.0 Å². The zero-order valence-electron chi connectivity index (χ0n) is 13.0. The number of nitrogens with zero attached hydrogens (tertiary/aromatic N) is 2. The molecule has 0 spiro atoms. The van der Waals surface area contributed by atoms with Crippen molar-refractivity contribution in [1.82, 2.24) is 9.97 Å². The summed E-state index contributed by atoms with van der Waals surface area (Å²) in [7, 11) is 0. The third kappa shape index (κ3) is 4.15. The van der Waals surface area contributed by atoms with Crippen LogP contribution < -0.4 is 15.8 Å². The number of nitrogens with one attached hydrogen (secondary N) is 1. The molecule has 0 bridgehead atoms. The number of nitrogens with two attached hydrogens (primary N) is 1. The molecular formula is C15H26N4OS. The van der Waals surface area contributed by atoms with Gasteiger partial charge in [-0.25, -0.2) is 4.98 Å². The number of aromatic nitrogens is 2. The molecule has 0 aromatic carbocycles.